The van der Waals surface area contributed by atoms with E-state index in [-0.39, 0.29) is 24.9 Å². The molecule has 0 radical (unpaired) electrons. The Morgan fingerprint density at radius 2 is 2.16 bits per heavy atom. The second-order valence-corrected chi connectivity index (χ2v) is 6.55. The Bertz CT molecular complexity index is 879. The van der Waals surface area contributed by atoms with Gasteiger partial charge < -0.3 is 14.5 Å². The van der Waals surface area contributed by atoms with Crippen LogP contribution in [0.5, 0.6) is 0 Å². The van der Waals surface area contributed by atoms with Crippen molar-refractivity contribution in [2.45, 2.75) is 45.7 Å². The lowest BCUT2D eigenvalue weighted by molar-refractivity contribution is -0.133. The van der Waals surface area contributed by atoms with Crippen LogP contribution < -0.4 is 11.1 Å². The Hall–Kier alpha value is -2.64. The van der Waals surface area contributed by atoms with Crippen molar-refractivity contribution >= 4 is 5.91 Å². The lowest BCUT2D eigenvalue weighted by Gasteiger charge is -2.33. The van der Waals surface area contributed by atoms with E-state index in [0.717, 1.165) is 30.8 Å². The van der Waals surface area contributed by atoms with Gasteiger partial charge in [-0.15, -0.1) is 0 Å². The number of amides is 1. The van der Waals surface area contributed by atoms with Crippen molar-refractivity contribution in [3.8, 4) is 0 Å². The van der Waals surface area contributed by atoms with Crippen molar-refractivity contribution in [3.63, 3.8) is 0 Å². The summed E-state index contributed by atoms with van der Waals surface area (Å²) >= 11 is 0. The largest absolute Gasteiger partial charge is 0.340 e. The number of aromatic nitrogens is 4. The molecule has 8 heteroatoms. The minimum absolute atomic E-state index is 0.00147. The summed E-state index contributed by atoms with van der Waals surface area (Å²) in [7, 11) is 0. The molecule has 3 rings (SSSR count). The summed E-state index contributed by atoms with van der Waals surface area (Å²) < 4.78 is 3.29. The summed E-state index contributed by atoms with van der Waals surface area (Å²) in [5.41, 5.74) is 0.786. The number of aromatic amines is 1. The number of aryl methyl sites for hydroxylation is 3. The molecular formula is C17H23N5O3. The zero-order valence-corrected chi connectivity index (χ0v) is 14.6. The number of likely N-dealkylation sites (tertiary alicyclic amines) is 1. The van der Waals surface area contributed by atoms with Crippen LogP contribution in [0.15, 0.2) is 28.0 Å². The number of hydrogen-bond acceptors (Lipinski definition) is 4. The number of rotatable bonds is 4. The molecule has 0 spiro atoms. The molecule has 1 N–H and O–H groups in total. The van der Waals surface area contributed by atoms with Gasteiger partial charge in [-0.3, -0.25) is 19.1 Å². The zero-order chi connectivity index (χ0) is 18.0. The Labute approximate surface area is 145 Å². The molecule has 25 heavy (non-hydrogen) atoms. The highest BCUT2D eigenvalue weighted by molar-refractivity contribution is 5.76. The van der Waals surface area contributed by atoms with Crippen LogP contribution in [0.25, 0.3) is 0 Å². The second kappa shape index (κ2) is 7.08. The molecule has 8 nitrogen and oxygen atoms in total. The van der Waals surface area contributed by atoms with Crippen molar-refractivity contribution in [1.29, 1.82) is 0 Å². The lowest BCUT2D eigenvalue weighted by Crippen LogP contribution is -2.42. The fourth-order valence-corrected chi connectivity index (χ4v) is 3.41. The van der Waals surface area contributed by atoms with Crippen LogP contribution in [0.2, 0.25) is 0 Å². The van der Waals surface area contributed by atoms with Crippen LogP contribution in [-0.4, -0.2) is 43.2 Å². The SMILES string of the molecule is Cc1cc(C)n([C@@H]2CCCN(C(=O)CCn3cc[nH]c(=O)c3=O)C2)n1. The van der Waals surface area contributed by atoms with E-state index in [2.05, 4.69) is 10.1 Å². The highest BCUT2D eigenvalue weighted by Crippen LogP contribution is 2.23. The minimum Gasteiger partial charge on any atom is -0.340 e. The predicted octanol–water partition coefficient (Wildman–Crippen LogP) is 0.604. The Morgan fingerprint density at radius 3 is 2.88 bits per heavy atom. The van der Waals surface area contributed by atoms with Crippen molar-refractivity contribution < 1.29 is 4.79 Å². The van der Waals surface area contributed by atoms with Gasteiger partial charge in [-0.2, -0.15) is 5.10 Å². The van der Waals surface area contributed by atoms with Crippen molar-refractivity contribution in [1.82, 2.24) is 24.2 Å². The quantitative estimate of drug-likeness (QED) is 0.822. The van der Waals surface area contributed by atoms with E-state index in [4.69, 9.17) is 0 Å². The van der Waals surface area contributed by atoms with Crippen LogP contribution in [-0.2, 0) is 11.3 Å². The maximum Gasteiger partial charge on any atom is 0.316 e. The molecule has 0 aliphatic carbocycles. The summed E-state index contributed by atoms with van der Waals surface area (Å²) in [6, 6.07) is 2.23. The number of piperidine rings is 1. The number of nitrogens with one attached hydrogen (secondary N) is 1. The van der Waals surface area contributed by atoms with E-state index in [1.807, 2.05) is 29.5 Å². The van der Waals surface area contributed by atoms with Gasteiger partial charge in [-0.1, -0.05) is 0 Å². The Morgan fingerprint density at radius 1 is 1.36 bits per heavy atom. The highest BCUT2D eigenvalue weighted by atomic mass is 16.2. The first-order valence-electron chi connectivity index (χ1n) is 8.54. The van der Waals surface area contributed by atoms with E-state index in [9.17, 15) is 14.4 Å². The first-order chi connectivity index (χ1) is 12.0. The normalized spacial score (nSPS) is 17.7. The van der Waals surface area contributed by atoms with Gasteiger partial charge in [0.25, 0.3) is 0 Å². The van der Waals surface area contributed by atoms with Gasteiger partial charge in [0.05, 0.1) is 11.7 Å². The fourth-order valence-electron chi connectivity index (χ4n) is 3.41. The summed E-state index contributed by atoms with van der Waals surface area (Å²) in [6.07, 6.45) is 5.03. The number of nitrogens with zero attached hydrogens (tertiary/aromatic N) is 4. The standard InChI is InChI=1S/C17H23N5O3/c1-12-10-13(2)22(19-12)14-4-3-7-21(11-14)15(23)5-8-20-9-6-18-16(24)17(20)25/h6,9-10,14H,3-5,7-8,11H2,1-2H3,(H,18,24)/t14-/m1/s1. The van der Waals surface area contributed by atoms with E-state index in [0.29, 0.717) is 6.54 Å². The summed E-state index contributed by atoms with van der Waals surface area (Å²) in [6.45, 7) is 5.56. The lowest BCUT2D eigenvalue weighted by atomic mass is 10.1. The fraction of sp³-hybridized carbons (Fsp3) is 0.529. The molecule has 3 heterocycles. The molecule has 0 saturated carbocycles. The maximum atomic E-state index is 12.5. The average Bonchev–Trinajstić information content (AvgIpc) is 2.94. The number of carbonyl (C=O) groups is 1. The maximum absolute atomic E-state index is 12.5. The van der Waals surface area contributed by atoms with Gasteiger partial charge in [0.15, 0.2) is 0 Å². The van der Waals surface area contributed by atoms with Gasteiger partial charge in [0.2, 0.25) is 5.91 Å². The van der Waals surface area contributed by atoms with Crippen molar-refractivity contribution in [2.75, 3.05) is 13.1 Å². The molecule has 0 aromatic carbocycles. The smallest absolute Gasteiger partial charge is 0.316 e. The van der Waals surface area contributed by atoms with Gasteiger partial charge in [-0.25, -0.2) is 0 Å². The summed E-state index contributed by atoms with van der Waals surface area (Å²) in [5, 5.41) is 4.54. The molecule has 1 atom stereocenters. The van der Waals surface area contributed by atoms with Gasteiger partial charge in [-0.05, 0) is 32.8 Å². The molecule has 1 aliphatic rings. The molecule has 1 amide bonds. The number of hydrogen-bond donors (Lipinski definition) is 1. The van der Waals surface area contributed by atoms with Gasteiger partial charge in [0.1, 0.15) is 0 Å². The molecule has 0 unspecified atom stereocenters. The Balaban J connectivity index is 1.64. The van der Waals surface area contributed by atoms with Gasteiger partial charge >= 0.3 is 11.1 Å². The van der Waals surface area contributed by atoms with Crippen LogP contribution in [0.4, 0.5) is 0 Å². The predicted molar refractivity (Wildman–Crippen MR) is 92.5 cm³/mol. The van der Waals surface area contributed by atoms with Crippen LogP contribution in [0.1, 0.15) is 36.7 Å². The Kier molecular flexibility index (Phi) is 4.87. The average molecular weight is 345 g/mol. The molecule has 2 aromatic rings. The molecule has 134 valence electrons. The first-order valence-corrected chi connectivity index (χ1v) is 8.54. The van der Waals surface area contributed by atoms with Crippen LogP contribution in [0.3, 0.4) is 0 Å². The monoisotopic (exact) mass is 345 g/mol. The molecule has 2 aromatic heterocycles. The third-order valence-corrected chi connectivity index (χ3v) is 4.63. The van der Waals surface area contributed by atoms with Gasteiger partial charge in [0, 0.05) is 44.1 Å². The van der Waals surface area contributed by atoms with Crippen molar-refractivity contribution in [3.05, 3.63) is 50.6 Å². The highest BCUT2D eigenvalue weighted by Gasteiger charge is 2.26. The third-order valence-electron chi connectivity index (χ3n) is 4.63. The number of carbonyl (C=O) groups excluding carboxylic acids is 1. The van der Waals surface area contributed by atoms with Crippen molar-refractivity contribution in [2.24, 2.45) is 0 Å². The second-order valence-electron chi connectivity index (χ2n) is 6.55. The van der Waals surface area contributed by atoms with E-state index < -0.39 is 11.1 Å². The van der Waals surface area contributed by atoms with E-state index >= 15 is 0 Å². The molecule has 0 bridgehead atoms. The van der Waals surface area contributed by atoms with Crippen LogP contribution >= 0.6 is 0 Å². The zero-order valence-electron chi connectivity index (χ0n) is 14.6. The summed E-state index contributed by atoms with van der Waals surface area (Å²) in [4.78, 5) is 39.7. The summed E-state index contributed by atoms with van der Waals surface area (Å²) in [5.74, 6) is -0.00147. The number of H-pyrrole nitrogens is 1. The first kappa shape index (κ1) is 17.2. The topological polar surface area (TPSA) is 93.0 Å². The van der Waals surface area contributed by atoms with Crippen LogP contribution in [0, 0.1) is 13.8 Å². The van der Waals surface area contributed by atoms with E-state index in [1.54, 1.807) is 0 Å². The minimum atomic E-state index is -0.669. The third kappa shape index (κ3) is 3.72. The van der Waals surface area contributed by atoms with E-state index in [1.165, 1.54) is 17.0 Å². The molecule has 1 saturated heterocycles. The molecule has 1 fully saturated rings. The molecule has 1 aliphatic heterocycles. The molecular weight excluding hydrogens is 322 g/mol.